The highest BCUT2D eigenvalue weighted by molar-refractivity contribution is 7.99. The van der Waals surface area contributed by atoms with Gasteiger partial charge >= 0.3 is 5.97 Å². The van der Waals surface area contributed by atoms with Gasteiger partial charge in [-0.25, -0.2) is 9.78 Å². The Bertz CT molecular complexity index is 975. The van der Waals surface area contributed by atoms with Crippen molar-refractivity contribution >= 4 is 45.4 Å². The Balaban J connectivity index is 1.80. The van der Waals surface area contributed by atoms with Gasteiger partial charge in [-0.2, -0.15) is 0 Å². The Morgan fingerprint density at radius 1 is 1.38 bits per heavy atom. The van der Waals surface area contributed by atoms with Crippen LogP contribution in [0.2, 0.25) is 0 Å². The van der Waals surface area contributed by atoms with E-state index in [0.717, 1.165) is 16.9 Å². The minimum absolute atomic E-state index is 0.161. The number of carbonyl (C=O) groups is 1. The summed E-state index contributed by atoms with van der Waals surface area (Å²) in [6.07, 6.45) is 3.99. The second kappa shape index (κ2) is 7.02. The van der Waals surface area contributed by atoms with E-state index in [0.29, 0.717) is 26.7 Å². The van der Waals surface area contributed by atoms with E-state index in [4.69, 9.17) is 5.11 Å². The zero-order valence-corrected chi connectivity index (χ0v) is 14.4. The fourth-order valence-corrected chi connectivity index (χ4v) is 4.02. The molecule has 5 nitrogen and oxygen atoms in total. The summed E-state index contributed by atoms with van der Waals surface area (Å²) in [6, 6.07) is 9.92. The first-order chi connectivity index (χ1) is 11.6. The van der Waals surface area contributed by atoms with Crippen LogP contribution in [0.15, 0.2) is 46.4 Å². The smallest absolute Gasteiger partial charge is 0.346 e. The number of benzene rings is 1. The maximum atomic E-state index is 12.2. The molecular formula is C17H14N2O3S2. The lowest BCUT2D eigenvalue weighted by atomic mass is 10.2. The monoisotopic (exact) mass is 358 g/mol. The summed E-state index contributed by atoms with van der Waals surface area (Å²) in [6.45, 7) is 1.63. The molecular weight excluding hydrogens is 344 g/mol. The molecule has 2 aromatic heterocycles. The minimum atomic E-state index is -1.03. The Hall–Kier alpha value is -2.38. The van der Waals surface area contributed by atoms with Crippen molar-refractivity contribution in [1.29, 1.82) is 0 Å². The first-order valence-electron chi connectivity index (χ1n) is 7.17. The van der Waals surface area contributed by atoms with Gasteiger partial charge in [0.05, 0.1) is 5.39 Å². The van der Waals surface area contributed by atoms with E-state index in [1.54, 1.807) is 6.92 Å². The number of carboxylic acid groups (broad SMARTS) is 1. The number of hydrogen-bond donors (Lipinski definition) is 2. The van der Waals surface area contributed by atoms with Gasteiger partial charge in [0.15, 0.2) is 5.16 Å². The molecule has 2 heterocycles. The minimum Gasteiger partial charge on any atom is -0.477 e. The average molecular weight is 358 g/mol. The van der Waals surface area contributed by atoms with Crippen molar-refractivity contribution in [3.05, 3.63) is 62.8 Å². The molecule has 3 rings (SSSR count). The Labute approximate surface area is 146 Å². The highest BCUT2D eigenvalue weighted by atomic mass is 32.2. The van der Waals surface area contributed by atoms with Crippen molar-refractivity contribution < 1.29 is 9.90 Å². The van der Waals surface area contributed by atoms with Crippen molar-refractivity contribution in [2.45, 2.75) is 12.1 Å². The van der Waals surface area contributed by atoms with E-state index in [1.807, 2.05) is 42.5 Å². The molecule has 0 spiro atoms. The molecule has 0 saturated heterocycles. The van der Waals surface area contributed by atoms with Crippen LogP contribution in [0.3, 0.4) is 0 Å². The maximum Gasteiger partial charge on any atom is 0.346 e. The molecule has 0 aliphatic carbocycles. The quantitative estimate of drug-likeness (QED) is 0.535. The number of thiophene rings is 1. The number of carboxylic acids is 1. The van der Waals surface area contributed by atoms with Crippen LogP contribution < -0.4 is 5.56 Å². The summed E-state index contributed by atoms with van der Waals surface area (Å²) >= 11 is 2.43. The molecule has 0 aliphatic rings. The highest BCUT2D eigenvalue weighted by Crippen LogP contribution is 2.28. The summed E-state index contributed by atoms with van der Waals surface area (Å²) in [5, 5.41) is 10.0. The lowest BCUT2D eigenvalue weighted by Gasteiger charge is -1.98. The number of hydrogen-bond acceptors (Lipinski definition) is 5. The SMILES string of the molecule is Cc1c(C(=O)O)sc2nc(SCC=Cc3ccccc3)[nH]c(=O)c12. The van der Waals surface area contributed by atoms with Crippen molar-refractivity contribution in [2.75, 3.05) is 5.75 Å². The topological polar surface area (TPSA) is 83.0 Å². The summed E-state index contributed by atoms with van der Waals surface area (Å²) in [5.74, 6) is -0.380. The number of aromatic amines is 1. The van der Waals surface area contributed by atoms with Gasteiger partial charge in [-0.1, -0.05) is 54.2 Å². The standard InChI is InChI=1S/C17H14N2O3S2/c1-10-12-14(20)18-17(19-15(12)24-13(10)16(21)22)23-9-5-8-11-6-3-2-4-7-11/h2-8H,9H2,1H3,(H,21,22)(H,18,19,20). The second-order valence-corrected chi connectivity index (χ2v) is 7.04. The van der Waals surface area contributed by atoms with Crippen LogP contribution in [0.5, 0.6) is 0 Å². The molecule has 0 fully saturated rings. The molecule has 122 valence electrons. The normalized spacial score (nSPS) is 11.4. The molecule has 24 heavy (non-hydrogen) atoms. The van der Waals surface area contributed by atoms with Crippen LogP contribution in [0.4, 0.5) is 0 Å². The summed E-state index contributed by atoms with van der Waals surface area (Å²) in [5.41, 5.74) is 1.28. The van der Waals surface area contributed by atoms with E-state index in [1.165, 1.54) is 11.8 Å². The van der Waals surface area contributed by atoms with Crippen LogP contribution >= 0.6 is 23.1 Å². The first kappa shape index (κ1) is 16.5. The Morgan fingerprint density at radius 2 is 2.12 bits per heavy atom. The molecule has 0 aliphatic heterocycles. The summed E-state index contributed by atoms with van der Waals surface area (Å²) in [4.78, 5) is 31.1. The third kappa shape index (κ3) is 3.42. The van der Waals surface area contributed by atoms with Crippen LogP contribution in [-0.2, 0) is 0 Å². The molecule has 0 atom stereocenters. The van der Waals surface area contributed by atoms with Gasteiger partial charge in [0.1, 0.15) is 9.71 Å². The first-order valence-corrected chi connectivity index (χ1v) is 8.97. The molecule has 1 aromatic carbocycles. The number of nitrogens with one attached hydrogen (secondary N) is 1. The average Bonchev–Trinajstić information content (AvgIpc) is 2.90. The fourth-order valence-electron chi connectivity index (χ4n) is 2.27. The molecule has 3 aromatic rings. The number of fused-ring (bicyclic) bond motifs is 1. The fraction of sp³-hybridized carbons (Fsp3) is 0.118. The molecule has 0 unspecified atom stereocenters. The third-order valence-corrected chi connectivity index (χ3v) is 5.40. The number of H-pyrrole nitrogens is 1. The van der Waals surface area contributed by atoms with Crippen LogP contribution in [0, 0.1) is 6.92 Å². The van der Waals surface area contributed by atoms with Gasteiger partial charge < -0.3 is 10.1 Å². The molecule has 0 bridgehead atoms. The lowest BCUT2D eigenvalue weighted by molar-refractivity contribution is 0.0701. The zero-order chi connectivity index (χ0) is 17.1. The predicted octanol–water partition coefficient (Wildman–Crippen LogP) is 3.80. The van der Waals surface area contributed by atoms with Gasteiger partial charge in [0.25, 0.3) is 5.56 Å². The van der Waals surface area contributed by atoms with Crippen LogP contribution in [0.25, 0.3) is 16.3 Å². The molecule has 2 N–H and O–H groups in total. The van der Waals surface area contributed by atoms with Crippen molar-refractivity contribution in [2.24, 2.45) is 0 Å². The van der Waals surface area contributed by atoms with Crippen molar-refractivity contribution in [3.8, 4) is 0 Å². The Kier molecular flexibility index (Phi) is 4.82. The van der Waals surface area contributed by atoms with Crippen molar-refractivity contribution in [1.82, 2.24) is 9.97 Å². The second-order valence-electron chi connectivity index (χ2n) is 5.04. The van der Waals surface area contributed by atoms with Gasteiger partial charge in [0.2, 0.25) is 0 Å². The van der Waals surface area contributed by atoms with Gasteiger partial charge in [-0.05, 0) is 18.1 Å². The van der Waals surface area contributed by atoms with Crippen molar-refractivity contribution in [3.63, 3.8) is 0 Å². The third-order valence-electron chi connectivity index (χ3n) is 3.40. The highest BCUT2D eigenvalue weighted by Gasteiger charge is 2.18. The van der Waals surface area contributed by atoms with Crippen LogP contribution in [0.1, 0.15) is 20.8 Å². The lowest BCUT2D eigenvalue weighted by Crippen LogP contribution is -2.09. The summed E-state index contributed by atoms with van der Waals surface area (Å²) < 4.78 is 0. The number of aromatic carboxylic acids is 1. The molecule has 7 heteroatoms. The van der Waals surface area contributed by atoms with E-state index >= 15 is 0 Å². The zero-order valence-electron chi connectivity index (χ0n) is 12.8. The number of aryl methyl sites for hydroxylation is 1. The number of nitrogens with zero attached hydrogens (tertiary/aromatic N) is 1. The number of thioether (sulfide) groups is 1. The molecule has 0 amide bonds. The van der Waals surface area contributed by atoms with Crippen LogP contribution in [-0.4, -0.2) is 26.8 Å². The predicted molar refractivity (Wildman–Crippen MR) is 98.1 cm³/mol. The number of aromatic nitrogens is 2. The van der Waals surface area contributed by atoms with E-state index in [-0.39, 0.29) is 10.4 Å². The van der Waals surface area contributed by atoms with Gasteiger partial charge in [0, 0.05) is 5.75 Å². The van der Waals surface area contributed by atoms with E-state index in [9.17, 15) is 9.59 Å². The number of rotatable bonds is 5. The maximum absolute atomic E-state index is 12.2. The van der Waals surface area contributed by atoms with E-state index in [2.05, 4.69) is 9.97 Å². The summed E-state index contributed by atoms with van der Waals surface area (Å²) in [7, 11) is 0. The molecule has 0 saturated carbocycles. The Morgan fingerprint density at radius 3 is 2.83 bits per heavy atom. The van der Waals surface area contributed by atoms with Gasteiger partial charge in [-0.15, -0.1) is 11.3 Å². The molecule has 0 radical (unpaired) electrons. The largest absolute Gasteiger partial charge is 0.477 e. The van der Waals surface area contributed by atoms with Gasteiger partial charge in [-0.3, -0.25) is 4.79 Å². The van der Waals surface area contributed by atoms with E-state index < -0.39 is 5.97 Å².